The van der Waals surface area contributed by atoms with Crippen LogP contribution in [0.15, 0.2) is 0 Å². The summed E-state index contributed by atoms with van der Waals surface area (Å²) in [5.74, 6) is -0.240. The smallest absolute Gasteiger partial charge is 0.341 e. The molecule has 1 aromatic rings. The summed E-state index contributed by atoms with van der Waals surface area (Å²) in [4.78, 5) is 37.3. The summed E-state index contributed by atoms with van der Waals surface area (Å²) < 4.78 is 10.1. The van der Waals surface area contributed by atoms with Crippen molar-refractivity contribution in [3.63, 3.8) is 0 Å². The van der Waals surface area contributed by atoms with Gasteiger partial charge < -0.3 is 14.8 Å². The van der Waals surface area contributed by atoms with Crippen LogP contribution in [-0.4, -0.2) is 31.1 Å². The number of carbonyl (C=O) groups is 3. The van der Waals surface area contributed by atoms with Crippen molar-refractivity contribution in [2.75, 3.05) is 18.5 Å². The van der Waals surface area contributed by atoms with Gasteiger partial charge in [0.25, 0.3) is 0 Å². The van der Waals surface area contributed by atoms with Crippen LogP contribution in [0.25, 0.3) is 0 Å². The fourth-order valence-corrected chi connectivity index (χ4v) is 4.69. The third-order valence-corrected chi connectivity index (χ3v) is 5.94. The number of amides is 1. The second kappa shape index (κ2) is 10.4. The average molecular weight is 396 g/mol. The molecule has 7 heteroatoms. The maximum atomic E-state index is 12.5. The number of esters is 2. The number of hydrogen-bond donors (Lipinski definition) is 1. The molecule has 0 bridgehead atoms. The molecule has 1 atom stereocenters. The zero-order valence-electron chi connectivity index (χ0n) is 16.4. The van der Waals surface area contributed by atoms with Gasteiger partial charge in [-0.3, -0.25) is 9.59 Å². The molecule has 0 radical (unpaired) electrons. The van der Waals surface area contributed by atoms with Crippen LogP contribution in [0, 0.1) is 5.92 Å². The number of hydrogen-bond acceptors (Lipinski definition) is 6. The van der Waals surface area contributed by atoms with Gasteiger partial charge in [-0.2, -0.15) is 0 Å². The van der Waals surface area contributed by atoms with E-state index in [0.717, 1.165) is 31.2 Å². The standard InChI is InChI=1S/C20H29NO5S/c1-4-13-10-11-14-15(12-13)27-19(18(14)20(24)26-6-3)21-16(22)8-7-9-17(23)25-5-2/h13H,4-12H2,1-3H3,(H,21,22). The lowest BCUT2D eigenvalue weighted by Gasteiger charge is -2.20. The molecule has 1 heterocycles. The zero-order valence-corrected chi connectivity index (χ0v) is 17.2. The monoisotopic (exact) mass is 395 g/mol. The van der Waals surface area contributed by atoms with Crippen molar-refractivity contribution in [2.45, 2.75) is 65.7 Å². The van der Waals surface area contributed by atoms with Gasteiger partial charge in [0, 0.05) is 17.7 Å². The highest BCUT2D eigenvalue weighted by atomic mass is 32.1. The number of fused-ring (bicyclic) bond motifs is 1. The van der Waals surface area contributed by atoms with Gasteiger partial charge in [-0.25, -0.2) is 4.79 Å². The molecule has 0 fully saturated rings. The van der Waals surface area contributed by atoms with E-state index >= 15 is 0 Å². The second-order valence-electron chi connectivity index (χ2n) is 6.65. The third kappa shape index (κ3) is 5.79. The van der Waals surface area contributed by atoms with Crippen LogP contribution in [0.1, 0.15) is 73.7 Å². The number of carbonyl (C=O) groups excluding carboxylic acids is 3. The van der Waals surface area contributed by atoms with Crippen molar-refractivity contribution in [3.8, 4) is 0 Å². The molecule has 1 aliphatic rings. The highest BCUT2D eigenvalue weighted by molar-refractivity contribution is 7.17. The van der Waals surface area contributed by atoms with E-state index in [0.29, 0.717) is 36.1 Å². The van der Waals surface area contributed by atoms with Crippen molar-refractivity contribution in [2.24, 2.45) is 5.92 Å². The Labute approximate surface area is 164 Å². The summed E-state index contributed by atoms with van der Waals surface area (Å²) in [5.41, 5.74) is 1.55. The molecule has 0 aliphatic heterocycles. The Morgan fingerprint density at radius 3 is 2.52 bits per heavy atom. The summed E-state index contributed by atoms with van der Waals surface area (Å²) in [5, 5.41) is 3.45. The molecule has 0 saturated heterocycles. The van der Waals surface area contributed by atoms with Crippen LogP contribution in [0.3, 0.4) is 0 Å². The van der Waals surface area contributed by atoms with Crippen LogP contribution >= 0.6 is 11.3 Å². The third-order valence-electron chi connectivity index (χ3n) is 4.77. The van der Waals surface area contributed by atoms with Crippen LogP contribution in [-0.2, 0) is 31.9 Å². The van der Waals surface area contributed by atoms with Crippen molar-refractivity contribution in [3.05, 3.63) is 16.0 Å². The minimum atomic E-state index is -0.369. The van der Waals surface area contributed by atoms with E-state index in [4.69, 9.17) is 9.47 Å². The van der Waals surface area contributed by atoms with E-state index in [-0.39, 0.29) is 30.7 Å². The van der Waals surface area contributed by atoms with Gasteiger partial charge >= 0.3 is 11.9 Å². The fraction of sp³-hybridized carbons (Fsp3) is 0.650. The molecule has 1 amide bonds. The van der Waals surface area contributed by atoms with E-state index in [9.17, 15) is 14.4 Å². The molecule has 6 nitrogen and oxygen atoms in total. The van der Waals surface area contributed by atoms with E-state index in [1.54, 1.807) is 13.8 Å². The number of rotatable bonds is 9. The van der Waals surface area contributed by atoms with Crippen LogP contribution in [0.4, 0.5) is 5.00 Å². The Morgan fingerprint density at radius 2 is 1.85 bits per heavy atom. The fourth-order valence-electron chi connectivity index (χ4n) is 3.33. The molecule has 1 N–H and O–H groups in total. The first-order valence-electron chi connectivity index (χ1n) is 9.77. The topological polar surface area (TPSA) is 81.7 Å². The lowest BCUT2D eigenvalue weighted by molar-refractivity contribution is -0.143. The average Bonchev–Trinajstić information content (AvgIpc) is 2.98. The maximum Gasteiger partial charge on any atom is 0.341 e. The highest BCUT2D eigenvalue weighted by Crippen LogP contribution is 2.40. The molecular weight excluding hydrogens is 366 g/mol. The Kier molecular flexibility index (Phi) is 8.28. The summed E-state index contributed by atoms with van der Waals surface area (Å²) >= 11 is 1.49. The molecular formula is C20H29NO5S. The van der Waals surface area contributed by atoms with Crippen molar-refractivity contribution < 1.29 is 23.9 Å². The summed E-state index contributed by atoms with van der Waals surface area (Å²) in [6.45, 7) is 6.35. The summed E-state index contributed by atoms with van der Waals surface area (Å²) in [6, 6.07) is 0. The first kappa shape index (κ1) is 21.4. The molecule has 0 spiro atoms. The quantitative estimate of drug-likeness (QED) is 0.636. The van der Waals surface area contributed by atoms with Gasteiger partial charge in [0.2, 0.25) is 5.91 Å². The largest absolute Gasteiger partial charge is 0.466 e. The van der Waals surface area contributed by atoms with E-state index in [2.05, 4.69) is 12.2 Å². The number of nitrogens with one attached hydrogen (secondary N) is 1. The van der Waals surface area contributed by atoms with E-state index in [1.165, 1.54) is 16.2 Å². The highest BCUT2D eigenvalue weighted by Gasteiger charge is 2.29. The van der Waals surface area contributed by atoms with Crippen molar-refractivity contribution in [1.29, 1.82) is 0 Å². The Hall–Kier alpha value is -1.89. The van der Waals surface area contributed by atoms with Gasteiger partial charge in [-0.05, 0) is 51.0 Å². The van der Waals surface area contributed by atoms with Crippen molar-refractivity contribution >= 4 is 34.2 Å². The molecule has 1 unspecified atom stereocenters. The molecule has 2 rings (SSSR count). The predicted molar refractivity (Wildman–Crippen MR) is 105 cm³/mol. The number of anilines is 1. The molecule has 27 heavy (non-hydrogen) atoms. The molecule has 0 aromatic carbocycles. The van der Waals surface area contributed by atoms with E-state index < -0.39 is 0 Å². The number of ether oxygens (including phenoxy) is 2. The van der Waals surface area contributed by atoms with Gasteiger partial charge in [0.1, 0.15) is 5.00 Å². The lowest BCUT2D eigenvalue weighted by atomic mass is 9.85. The van der Waals surface area contributed by atoms with Gasteiger partial charge in [-0.15, -0.1) is 11.3 Å². The summed E-state index contributed by atoms with van der Waals surface area (Å²) in [6.07, 6.45) is 4.80. The Morgan fingerprint density at radius 1 is 1.11 bits per heavy atom. The van der Waals surface area contributed by atoms with Gasteiger partial charge in [0.15, 0.2) is 0 Å². The maximum absolute atomic E-state index is 12.5. The second-order valence-corrected chi connectivity index (χ2v) is 7.76. The normalized spacial score (nSPS) is 15.7. The summed E-state index contributed by atoms with van der Waals surface area (Å²) in [7, 11) is 0. The Balaban J connectivity index is 2.08. The lowest BCUT2D eigenvalue weighted by Crippen LogP contribution is -2.17. The van der Waals surface area contributed by atoms with Crippen LogP contribution < -0.4 is 5.32 Å². The Bertz CT molecular complexity index is 682. The van der Waals surface area contributed by atoms with E-state index in [1.807, 2.05) is 0 Å². The van der Waals surface area contributed by atoms with Gasteiger partial charge in [-0.1, -0.05) is 13.3 Å². The minimum absolute atomic E-state index is 0.199. The molecule has 1 aromatic heterocycles. The molecule has 150 valence electrons. The molecule has 0 saturated carbocycles. The van der Waals surface area contributed by atoms with Gasteiger partial charge in [0.05, 0.1) is 18.8 Å². The van der Waals surface area contributed by atoms with Crippen molar-refractivity contribution in [1.82, 2.24) is 0 Å². The minimum Gasteiger partial charge on any atom is -0.466 e. The molecule has 1 aliphatic carbocycles. The first-order valence-corrected chi connectivity index (χ1v) is 10.6. The first-order chi connectivity index (χ1) is 13.0. The van der Waals surface area contributed by atoms with Crippen LogP contribution in [0.2, 0.25) is 0 Å². The SMILES string of the molecule is CCOC(=O)CCCC(=O)Nc1sc2c(c1C(=O)OCC)CCC(CC)C2. The predicted octanol–water partition coefficient (Wildman–Crippen LogP) is 4.11. The number of thiophene rings is 1. The van der Waals surface area contributed by atoms with Crippen LogP contribution in [0.5, 0.6) is 0 Å². The zero-order chi connectivity index (χ0) is 19.8.